The van der Waals surface area contributed by atoms with Crippen LogP contribution in [0.15, 0.2) is 6.20 Å². The van der Waals surface area contributed by atoms with Crippen LogP contribution in [0.2, 0.25) is 0 Å². The second kappa shape index (κ2) is 12.1. The van der Waals surface area contributed by atoms with Crippen molar-refractivity contribution in [3.05, 3.63) is 11.9 Å². The lowest BCUT2D eigenvalue weighted by Gasteiger charge is -2.23. The number of carbonyl (C=O) groups excluding carboxylic acids is 5. The van der Waals surface area contributed by atoms with Gasteiger partial charge in [-0.2, -0.15) is 0 Å². The van der Waals surface area contributed by atoms with Gasteiger partial charge in [-0.15, -0.1) is 5.10 Å². The third-order valence-electron chi connectivity index (χ3n) is 4.80. The standard InChI is InChI=1S/C20H27N3O11/c1-10(24)31-9-16-18(33-12(3)26)17(32-11(2)25)15(34-16)8-23-7-13(21-22-23)6-14(19(27)29-4)20(28)30-5/h7,14-18H,6,8-9H2,1-5H3/t15-,16+,17+,18+/m0/s1. The smallest absolute Gasteiger partial charge is 0.320 e. The van der Waals surface area contributed by atoms with Gasteiger partial charge in [0.25, 0.3) is 0 Å². The molecule has 0 unspecified atom stereocenters. The third kappa shape index (κ3) is 7.23. The van der Waals surface area contributed by atoms with E-state index < -0.39 is 60.2 Å². The Balaban J connectivity index is 2.21. The quantitative estimate of drug-likeness (QED) is 0.224. The van der Waals surface area contributed by atoms with Crippen LogP contribution in [0.1, 0.15) is 26.5 Å². The van der Waals surface area contributed by atoms with Crippen LogP contribution in [0.3, 0.4) is 0 Å². The normalized spacial score (nSPS) is 21.6. The molecule has 0 spiro atoms. The zero-order valence-corrected chi connectivity index (χ0v) is 19.4. The minimum atomic E-state index is -1.22. The highest BCUT2D eigenvalue weighted by molar-refractivity contribution is 5.95. The van der Waals surface area contributed by atoms with Crippen molar-refractivity contribution in [2.75, 3.05) is 20.8 Å². The number of hydrogen-bond donors (Lipinski definition) is 0. The first-order valence-corrected chi connectivity index (χ1v) is 10.2. The number of aromatic nitrogens is 3. The average Bonchev–Trinajstić information content (AvgIpc) is 3.34. The van der Waals surface area contributed by atoms with Gasteiger partial charge in [-0.3, -0.25) is 24.0 Å². The molecule has 1 aliphatic rings. The lowest BCUT2D eigenvalue weighted by molar-refractivity contribution is -0.165. The maximum Gasteiger partial charge on any atom is 0.320 e. The molecule has 0 bridgehead atoms. The van der Waals surface area contributed by atoms with Gasteiger partial charge in [0.1, 0.15) is 18.8 Å². The van der Waals surface area contributed by atoms with Crippen LogP contribution in [0.25, 0.3) is 0 Å². The van der Waals surface area contributed by atoms with E-state index in [1.54, 1.807) is 0 Å². The zero-order valence-electron chi connectivity index (χ0n) is 19.4. The predicted octanol–water partition coefficient (Wildman–Crippen LogP) is -1.02. The molecule has 1 aromatic rings. The minimum Gasteiger partial charge on any atom is -0.468 e. The highest BCUT2D eigenvalue weighted by atomic mass is 16.6. The number of nitrogens with zero attached hydrogens (tertiary/aromatic N) is 3. The summed E-state index contributed by atoms with van der Waals surface area (Å²) in [4.78, 5) is 58.3. The second-order valence-electron chi connectivity index (χ2n) is 7.40. The van der Waals surface area contributed by atoms with Gasteiger partial charge in [0, 0.05) is 33.4 Å². The summed E-state index contributed by atoms with van der Waals surface area (Å²) in [6.45, 7) is 3.35. The molecule has 0 amide bonds. The molecule has 14 heteroatoms. The van der Waals surface area contributed by atoms with Crippen molar-refractivity contribution < 1.29 is 52.4 Å². The van der Waals surface area contributed by atoms with Crippen LogP contribution in [0, 0.1) is 5.92 Å². The molecule has 0 aliphatic carbocycles. The number of esters is 5. The molecular formula is C20H27N3O11. The molecule has 0 aromatic carbocycles. The van der Waals surface area contributed by atoms with E-state index in [-0.39, 0.29) is 25.3 Å². The summed E-state index contributed by atoms with van der Waals surface area (Å²) in [6.07, 6.45) is -2.45. The van der Waals surface area contributed by atoms with E-state index in [0.717, 1.165) is 14.2 Å². The number of hydrogen-bond acceptors (Lipinski definition) is 13. The first kappa shape index (κ1) is 26.7. The largest absolute Gasteiger partial charge is 0.468 e. The Kier molecular flexibility index (Phi) is 9.47. The summed E-state index contributed by atoms with van der Waals surface area (Å²) in [7, 11) is 2.29. The summed E-state index contributed by atoms with van der Waals surface area (Å²) >= 11 is 0. The Labute approximate surface area is 194 Å². The maximum absolute atomic E-state index is 11.9. The summed E-state index contributed by atoms with van der Waals surface area (Å²) < 4.78 is 32.1. The number of methoxy groups -OCH3 is 2. The van der Waals surface area contributed by atoms with Crippen LogP contribution in [0.5, 0.6) is 0 Å². The van der Waals surface area contributed by atoms with Gasteiger partial charge < -0.3 is 28.4 Å². The molecule has 0 radical (unpaired) electrons. The highest BCUT2D eigenvalue weighted by Crippen LogP contribution is 2.29. The minimum absolute atomic E-state index is 0.000395. The molecule has 1 saturated heterocycles. The molecule has 2 rings (SSSR count). The molecule has 188 valence electrons. The molecule has 0 saturated carbocycles. The molecule has 1 aliphatic heterocycles. The monoisotopic (exact) mass is 485 g/mol. The zero-order chi connectivity index (χ0) is 25.4. The third-order valence-corrected chi connectivity index (χ3v) is 4.80. The molecule has 34 heavy (non-hydrogen) atoms. The Morgan fingerprint density at radius 2 is 1.50 bits per heavy atom. The van der Waals surface area contributed by atoms with Crippen molar-refractivity contribution in [3.8, 4) is 0 Å². The van der Waals surface area contributed by atoms with Crippen LogP contribution >= 0.6 is 0 Å². The van der Waals surface area contributed by atoms with Gasteiger partial charge in [0.15, 0.2) is 18.1 Å². The van der Waals surface area contributed by atoms with Gasteiger partial charge in [-0.25, -0.2) is 4.68 Å². The number of rotatable bonds is 10. The van der Waals surface area contributed by atoms with Crippen molar-refractivity contribution in [2.45, 2.75) is 58.2 Å². The van der Waals surface area contributed by atoms with E-state index in [1.165, 1.54) is 31.6 Å². The van der Waals surface area contributed by atoms with Crippen molar-refractivity contribution in [2.24, 2.45) is 5.92 Å². The number of ether oxygens (including phenoxy) is 6. The molecular weight excluding hydrogens is 458 g/mol. The molecule has 2 heterocycles. The first-order valence-electron chi connectivity index (χ1n) is 10.2. The van der Waals surface area contributed by atoms with Gasteiger partial charge in [0.05, 0.1) is 26.5 Å². The van der Waals surface area contributed by atoms with Crippen LogP contribution in [-0.2, 0) is 65.4 Å². The molecule has 1 fully saturated rings. The Morgan fingerprint density at radius 3 is 2.00 bits per heavy atom. The molecule has 1 aromatic heterocycles. The van der Waals surface area contributed by atoms with E-state index in [0.29, 0.717) is 0 Å². The van der Waals surface area contributed by atoms with Crippen LogP contribution in [-0.4, -0.2) is 90.1 Å². The fraction of sp³-hybridized carbons (Fsp3) is 0.650. The summed E-state index contributed by atoms with van der Waals surface area (Å²) in [6, 6.07) is 0. The van der Waals surface area contributed by atoms with E-state index in [9.17, 15) is 24.0 Å². The predicted molar refractivity (Wildman–Crippen MR) is 108 cm³/mol. The Hall–Kier alpha value is -3.55. The van der Waals surface area contributed by atoms with Crippen molar-refractivity contribution >= 4 is 29.8 Å². The van der Waals surface area contributed by atoms with Gasteiger partial charge in [0.2, 0.25) is 0 Å². The maximum atomic E-state index is 11.9. The summed E-state index contributed by atoms with van der Waals surface area (Å²) in [5, 5.41) is 7.89. The average molecular weight is 485 g/mol. The number of carbonyl (C=O) groups is 5. The van der Waals surface area contributed by atoms with E-state index in [4.69, 9.17) is 18.9 Å². The van der Waals surface area contributed by atoms with Crippen molar-refractivity contribution in [1.29, 1.82) is 0 Å². The van der Waals surface area contributed by atoms with Gasteiger partial charge in [-0.05, 0) is 0 Å². The van der Waals surface area contributed by atoms with E-state index in [1.807, 2.05) is 0 Å². The lowest BCUT2D eigenvalue weighted by atomic mass is 10.0. The Morgan fingerprint density at radius 1 is 0.941 bits per heavy atom. The summed E-state index contributed by atoms with van der Waals surface area (Å²) in [5.74, 6) is -4.63. The molecule has 14 nitrogen and oxygen atoms in total. The molecule has 4 atom stereocenters. The lowest BCUT2D eigenvalue weighted by Crippen LogP contribution is -2.42. The van der Waals surface area contributed by atoms with Gasteiger partial charge in [-0.1, -0.05) is 5.21 Å². The molecule has 0 N–H and O–H groups in total. The van der Waals surface area contributed by atoms with Crippen molar-refractivity contribution in [1.82, 2.24) is 15.0 Å². The van der Waals surface area contributed by atoms with E-state index in [2.05, 4.69) is 19.8 Å². The highest BCUT2D eigenvalue weighted by Gasteiger charge is 2.49. The topological polar surface area (TPSA) is 171 Å². The van der Waals surface area contributed by atoms with Crippen molar-refractivity contribution in [3.63, 3.8) is 0 Å². The SMILES string of the molecule is COC(=O)C(Cc1cn(C[C@@H]2O[C@H](COC(C)=O)[C@@H](OC(C)=O)[C@@H]2OC(C)=O)nn1)C(=O)OC. The Bertz CT molecular complexity index is 899. The fourth-order valence-corrected chi connectivity index (χ4v) is 3.41. The van der Waals surface area contributed by atoms with Gasteiger partial charge >= 0.3 is 29.8 Å². The van der Waals surface area contributed by atoms with E-state index >= 15 is 0 Å². The van der Waals surface area contributed by atoms with Crippen LogP contribution in [0.4, 0.5) is 0 Å². The fourth-order valence-electron chi connectivity index (χ4n) is 3.41. The van der Waals surface area contributed by atoms with Crippen LogP contribution < -0.4 is 0 Å². The first-order chi connectivity index (χ1) is 16.0. The summed E-state index contributed by atoms with van der Waals surface area (Å²) in [5.41, 5.74) is 0.288. The second-order valence-corrected chi connectivity index (χ2v) is 7.40.